The highest BCUT2D eigenvalue weighted by molar-refractivity contribution is 6.31. The van der Waals surface area contributed by atoms with E-state index in [1.165, 1.54) is 0 Å². The van der Waals surface area contributed by atoms with Gasteiger partial charge in [-0.3, -0.25) is 0 Å². The molecule has 2 amide bonds. The Bertz CT molecular complexity index is 507. The molecule has 0 spiro atoms. The van der Waals surface area contributed by atoms with E-state index in [1.54, 1.807) is 31.2 Å². The van der Waals surface area contributed by atoms with Crippen molar-refractivity contribution in [1.29, 1.82) is 0 Å². The second-order valence-corrected chi connectivity index (χ2v) is 5.96. The molecule has 2 rings (SSSR count). The second-order valence-electron chi connectivity index (χ2n) is 5.55. The third-order valence-corrected chi connectivity index (χ3v) is 4.07. The predicted octanol–water partition coefficient (Wildman–Crippen LogP) is 2.02. The third-order valence-electron chi connectivity index (χ3n) is 3.74. The van der Waals surface area contributed by atoms with Crippen molar-refractivity contribution in [1.82, 2.24) is 10.6 Å². The fourth-order valence-electron chi connectivity index (χ4n) is 2.39. The largest absolute Gasteiger partial charge is 0.384 e. The third kappa shape index (κ3) is 4.09. The van der Waals surface area contributed by atoms with Crippen LogP contribution in [0.15, 0.2) is 24.3 Å². The predicted molar refractivity (Wildman–Crippen MR) is 81.4 cm³/mol. The lowest BCUT2D eigenvalue weighted by Crippen LogP contribution is -2.48. The second kappa shape index (κ2) is 6.64. The minimum Gasteiger partial charge on any atom is -0.384 e. The Morgan fingerprint density at radius 2 is 2.24 bits per heavy atom. The van der Waals surface area contributed by atoms with Gasteiger partial charge in [-0.25, -0.2) is 4.79 Å². The van der Waals surface area contributed by atoms with Crippen molar-refractivity contribution >= 4 is 17.6 Å². The van der Waals surface area contributed by atoms with Gasteiger partial charge in [0.05, 0.1) is 18.7 Å². The number of carbonyl (C=O) groups excluding carboxylic acids is 1. The number of halogens is 1. The number of carbonyl (C=O) groups is 1. The molecule has 0 aliphatic carbocycles. The minimum atomic E-state index is -1.23. The standard InChI is InChI=1S/C15H21ClN2O3/c1-10-13(7-8-21-10)18-14(19)17-9-15(2,20)11-5-3-4-6-12(11)16/h3-6,10,13,20H,7-9H2,1-2H3,(H2,17,18,19)/t10-,13-,15-/m0/s1. The van der Waals surface area contributed by atoms with Crippen LogP contribution in [0.4, 0.5) is 4.79 Å². The summed E-state index contributed by atoms with van der Waals surface area (Å²) in [5.74, 6) is 0. The molecule has 1 aliphatic rings. The Kier molecular flexibility index (Phi) is 5.08. The van der Waals surface area contributed by atoms with Crippen LogP contribution in [-0.2, 0) is 10.3 Å². The molecule has 0 unspecified atom stereocenters. The zero-order chi connectivity index (χ0) is 15.5. The number of rotatable bonds is 4. The molecule has 1 aromatic carbocycles. The van der Waals surface area contributed by atoms with Crippen LogP contribution in [0, 0.1) is 0 Å². The van der Waals surface area contributed by atoms with E-state index in [4.69, 9.17) is 16.3 Å². The average Bonchev–Trinajstić information content (AvgIpc) is 2.82. The molecule has 1 fully saturated rings. The summed E-state index contributed by atoms with van der Waals surface area (Å²) in [7, 11) is 0. The molecule has 0 radical (unpaired) electrons. The van der Waals surface area contributed by atoms with Gasteiger partial charge in [0.15, 0.2) is 0 Å². The molecule has 1 aromatic rings. The van der Waals surface area contributed by atoms with Crippen molar-refractivity contribution in [2.24, 2.45) is 0 Å². The molecule has 1 heterocycles. The van der Waals surface area contributed by atoms with Crippen LogP contribution in [-0.4, -0.2) is 36.4 Å². The zero-order valence-electron chi connectivity index (χ0n) is 12.2. The number of urea groups is 1. The lowest BCUT2D eigenvalue weighted by Gasteiger charge is -2.26. The Labute approximate surface area is 129 Å². The first-order valence-corrected chi connectivity index (χ1v) is 7.41. The van der Waals surface area contributed by atoms with Gasteiger partial charge >= 0.3 is 6.03 Å². The summed E-state index contributed by atoms with van der Waals surface area (Å²) in [6.45, 7) is 4.28. The summed E-state index contributed by atoms with van der Waals surface area (Å²) < 4.78 is 5.39. The molecule has 116 valence electrons. The molecule has 3 N–H and O–H groups in total. The van der Waals surface area contributed by atoms with Gasteiger partial charge < -0.3 is 20.5 Å². The number of aliphatic hydroxyl groups is 1. The average molecular weight is 313 g/mol. The molecule has 0 aromatic heterocycles. The van der Waals surface area contributed by atoms with E-state index >= 15 is 0 Å². The van der Waals surface area contributed by atoms with E-state index in [2.05, 4.69) is 10.6 Å². The van der Waals surface area contributed by atoms with Crippen molar-refractivity contribution in [3.63, 3.8) is 0 Å². The Morgan fingerprint density at radius 3 is 2.86 bits per heavy atom. The lowest BCUT2D eigenvalue weighted by atomic mass is 9.96. The zero-order valence-corrected chi connectivity index (χ0v) is 13.0. The van der Waals surface area contributed by atoms with Crippen LogP contribution >= 0.6 is 11.6 Å². The molecule has 1 saturated heterocycles. The van der Waals surface area contributed by atoms with Crippen LogP contribution in [0.2, 0.25) is 5.02 Å². The summed E-state index contributed by atoms with van der Waals surface area (Å²) in [6, 6.07) is 6.74. The number of amides is 2. The summed E-state index contributed by atoms with van der Waals surface area (Å²) in [4.78, 5) is 11.9. The number of hydrogen-bond donors (Lipinski definition) is 3. The first-order chi connectivity index (χ1) is 9.90. The first kappa shape index (κ1) is 16.1. The maximum Gasteiger partial charge on any atom is 0.315 e. The molecule has 0 bridgehead atoms. The quantitative estimate of drug-likeness (QED) is 0.796. The maximum atomic E-state index is 11.9. The summed E-state index contributed by atoms with van der Waals surface area (Å²) in [6.07, 6.45) is 0.815. The summed E-state index contributed by atoms with van der Waals surface area (Å²) >= 11 is 6.08. The van der Waals surface area contributed by atoms with Gasteiger partial charge in [-0.05, 0) is 26.3 Å². The van der Waals surface area contributed by atoms with Crippen molar-refractivity contribution < 1.29 is 14.6 Å². The van der Waals surface area contributed by atoms with E-state index in [-0.39, 0.29) is 24.7 Å². The number of hydrogen-bond acceptors (Lipinski definition) is 3. The molecular weight excluding hydrogens is 292 g/mol. The molecule has 0 saturated carbocycles. The van der Waals surface area contributed by atoms with Crippen molar-refractivity contribution in [3.05, 3.63) is 34.9 Å². The lowest BCUT2D eigenvalue weighted by molar-refractivity contribution is 0.0591. The van der Waals surface area contributed by atoms with Gasteiger partial charge in [0, 0.05) is 17.2 Å². The van der Waals surface area contributed by atoms with Gasteiger partial charge in [0.1, 0.15) is 5.60 Å². The maximum absolute atomic E-state index is 11.9. The SMILES string of the molecule is C[C@@H]1OCC[C@@H]1NC(=O)NC[C@](C)(O)c1ccccc1Cl. The van der Waals surface area contributed by atoms with Gasteiger partial charge in [-0.2, -0.15) is 0 Å². The van der Waals surface area contributed by atoms with Crippen molar-refractivity contribution in [2.75, 3.05) is 13.2 Å². The van der Waals surface area contributed by atoms with Crippen LogP contribution in [0.25, 0.3) is 0 Å². The fourth-order valence-corrected chi connectivity index (χ4v) is 2.73. The number of ether oxygens (including phenoxy) is 1. The number of nitrogens with one attached hydrogen (secondary N) is 2. The van der Waals surface area contributed by atoms with Gasteiger partial charge in [-0.15, -0.1) is 0 Å². The minimum absolute atomic E-state index is 0.00950. The number of benzene rings is 1. The van der Waals surface area contributed by atoms with Crippen molar-refractivity contribution in [2.45, 2.75) is 38.0 Å². The molecular formula is C15H21ClN2O3. The molecule has 3 atom stereocenters. The highest BCUT2D eigenvalue weighted by Gasteiger charge is 2.28. The van der Waals surface area contributed by atoms with Crippen LogP contribution in [0.1, 0.15) is 25.8 Å². The monoisotopic (exact) mass is 312 g/mol. The van der Waals surface area contributed by atoms with E-state index in [0.717, 1.165) is 6.42 Å². The Hall–Kier alpha value is -1.30. The topological polar surface area (TPSA) is 70.6 Å². The van der Waals surface area contributed by atoms with Crippen LogP contribution < -0.4 is 10.6 Å². The van der Waals surface area contributed by atoms with Gasteiger partial charge in [-0.1, -0.05) is 29.8 Å². The Morgan fingerprint density at radius 1 is 1.52 bits per heavy atom. The first-order valence-electron chi connectivity index (χ1n) is 7.03. The van der Waals surface area contributed by atoms with Crippen LogP contribution in [0.3, 0.4) is 0 Å². The fraction of sp³-hybridized carbons (Fsp3) is 0.533. The van der Waals surface area contributed by atoms with E-state index < -0.39 is 5.60 Å². The summed E-state index contributed by atoms with van der Waals surface area (Å²) in [5, 5.41) is 16.5. The van der Waals surface area contributed by atoms with E-state index in [0.29, 0.717) is 17.2 Å². The van der Waals surface area contributed by atoms with Gasteiger partial charge in [0.2, 0.25) is 0 Å². The smallest absolute Gasteiger partial charge is 0.315 e. The molecule has 5 nitrogen and oxygen atoms in total. The molecule has 1 aliphatic heterocycles. The molecule has 6 heteroatoms. The van der Waals surface area contributed by atoms with Crippen LogP contribution in [0.5, 0.6) is 0 Å². The normalized spacial score (nSPS) is 24.4. The van der Waals surface area contributed by atoms with Crippen molar-refractivity contribution in [3.8, 4) is 0 Å². The summed E-state index contributed by atoms with van der Waals surface area (Å²) in [5.41, 5.74) is -0.641. The highest BCUT2D eigenvalue weighted by atomic mass is 35.5. The van der Waals surface area contributed by atoms with E-state index in [1.807, 2.05) is 6.92 Å². The van der Waals surface area contributed by atoms with Gasteiger partial charge in [0.25, 0.3) is 0 Å². The Balaban J connectivity index is 1.89. The highest BCUT2D eigenvalue weighted by Crippen LogP contribution is 2.27. The van der Waals surface area contributed by atoms with E-state index in [9.17, 15) is 9.90 Å². The molecule has 21 heavy (non-hydrogen) atoms.